The Hall–Kier alpha value is -4.65. The molecule has 0 unspecified atom stereocenters. The second-order valence-electron chi connectivity index (χ2n) is 11.9. The summed E-state index contributed by atoms with van der Waals surface area (Å²) in [5.41, 5.74) is 1.84. The quantitative estimate of drug-likeness (QED) is 0.316. The molecule has 2 aromatic heterocycles. The lowest BCUT2D eigenvalue weighted by Crippen LogP contribution is -2.55. The van der Waals surface area contributed by atoms with E-state index in [1.54, 1.807) is 34.8 Å². The van der Waals surface area contributed by atoms with Crippen molar-refractivity contribution in [2.75, 3.05) is 19.6 Å². The first-order valence-electron chi connectivity index (χ1n) is 16.2. The molecule has 12 nitrogen and oxygen atoms in total. The van der Waals surface area contributed by atoms with Crippen molar-refractivity contribution in [3.8, 4) is 0 Å². The van der Waals surface area contributed by atoms with E-state index in [-0.39, 0.29) is 29.5 Å². The molecule has 0 saturated carbocycles. The number of carbonyl (C=O) groups excluding carboxylic acids is 5. The van der Waals surface area contributed by atoms with Crippen LogP contribution in [0.3, 0.4) is 0 Å². The van der Waals surface area contributed by atoms with Crippen LogP contribution in [0.25, 0.3) is 0 Å². The van der Waals surface area contributed by atoms with Crippen LogP contribution in [0.5, 0.6) is 0 Å². The second-order valence-corrected chi connectivity index (χ2v) is 12.8. The van der Waals surface area contributed by atoms with Crippen LogP contribution in [-0.4, -0.2) is 76.1 Å². The smallest absolute Gasteiger partial charge is 0.270 e. The summed E-state index contributed by atoms with van der Waals surface area (Å²) < 4.78 is 0. The van der Waals surface area contributed by atoms with Crippen molar-refractivity contribution < 1.29 is 24.0 Å². The minimum atomic E-state index is -0.858. The molecule has 47 heavy (non-hydrogen) atoms. The topological polar surface area (TPSA) is 162 Å². The van der Waals surface area contributed by atoms with E-state index in [1.807, 2.05) is 37.3 Å². The minimum Gasteiger partial charge on any atom is -0.351 e. The van der Waals surface area contributed by atoms with Gasteiger partial charge in [0, 0.05) is 48.9 Å². The molecule has 1 aromatic carbocycles. The fourth-order valence-electron chi connectivity index (χ4n) is 5.85. The molecule has 5 rings (SSSR count). The molecule has 5 amide bonds. The highest BCUT2D eigenvalue weighted by atomic mass is 32.1. The van der Waals surface area contributed by atoms with Crippen LogP contribution in [0.4, 0.5) is 0 Å². The Labute approximate surface area is 278 Å². The highest BCUT2D eigenvalue weighted by Gasteiger charge is 2.32. The van der Waals surface area contributed by atoms with Gasteiger partial charge in [0.2, 0.25) is 17.7 Å². The molecule has 0 aliphatic carbocycles. The summed E-state index contributed by atoms with van der Waals surface area (Å²) in [7, 11) is 0. The molecule has 4 heterocycles. The first-order valence-corrected chi connectivity index (χ1v) is 17.1. The third-order valence-corrected chi connectivity index (χ3v) is 9.57. The molecule has 2 bridgehead atoms. The van der Waals surface area contributed by atoms with E-state index in [1.165, 1.54) is 11.3 Å². The number of amides is 5. The maximum atomic E-state index is 13.6. The first-order chi connectivity index (χ1) is 22.8. The van der Waals surface area contributed by atoms with E-state index in [9.17, 15) is 24.0 Å². The fraction of sp³-hybridized carbons (Fsp3) is 0.441. The van der Waals surface area contributed by atoms with Gasteiger partial charge < -0.3 is 26.2 Å². The van der Waals surface area contributed by atoms with Crippen LogP contribution in [-0.2, 0) is 20.8 Å². The summed E-state index contributed by atoms with van der Waals surface area (Å²) >= 11 is 1.31. The number of hydrogen-bond acceptors (Lipinski definition) is 8. The Morgan fingerprint density at radius 3 is 2.38 bits per heavy atom. The number of rotatable bonds is 6. The van der Waals surface area contributed by atoms with Gasteiger partial charge in [-0.15, -0.1) is 11.3 Å². The number of thiazole rings is 1. The monoisotopic (exact) mass is 659 g/mol. The van der Waals surface area contributed by atoms with Gasteiger partial charge in [-0.1, -0.05) is 37.3 Å². The largest absolute Gasteiger partial charge is 0.351 e. The second kappa shape index (κ2) is 16.3. The molecule has 4 N–H and O–H groups in total. The maximum absolute atomic E-state index is 13.6. The van der Waals surface area contributed by atoms with E-state index in [0.717, 1.165) is 5.56 Å². The summed E-state index contributed by atoms with van der Waals surface area (Å²) in [5.74, 6) is -1.80. The minimum absolute atomic E-state index is 0.0971. The summed E-state index contributed by atoms with van der Waals surface area (Å²) in [4.78, 5) is 76.5. The Bertz CT molecular complexity index is 1540. The average Bonchev–Trinajstić information content (AvgIpc) is 3.60. The van der Waals surface area contributed by atoms with Gasteiger partial charge in [-0.3, -0.25) is 29.0 Å². The number of likely N-dealkylation sites (tertiary alicyclic amines) is 1. The van der Waals surface area contributed by atoms with Gasteiger partial charge in [-0.25, -0.2) is 4.98 Å². The Kier molecular flexibility index (Phi) is 11.7. The molecular formula is C34H41N7O5S. The normalized spacial score (nSPS) is 21.7. The number of nitrogens with one attached hydrogen (secondary N) is 4. The van der Waals surface area contributed by atoms with Crippen molar-refractivity contribution in [1.29, 1.82) is 0 Å². The maximum Gasteiger partial charge on any atom is 0.270 e. The zero-order chi connectivity index (χ0) is 33.2. The van der Waals surface area contributed by atoms with Gasteiger partial charge in [0.05, 0.1) is 6.04 Å². The van der Waals surface area contributed by atoms with E-state index >= 15 is 0 Å². The van der Waals surface area contributed by atoms with Gasteiger partial charge in [0.1, 0.15) is 22.8 Å². The first kappa shape index (κ1) is 33.7. The summed E-state index contributed by atoms with van der Waals surface area (Å²) in [5, 5.41) is 14.0. The van der Waals surface area contributed by atoms with Crippen molar-refractivity contribution in [2.24, 2.45) is 5.92 Å². The van der Waals surface area contributed by atoms with E-state index in [2.05, 4.69) is 31.2 Å². The fourth-order valence-corrected chi connectivity index (χ4v) is 6.70. The van der Waals surface area contributed by atoms with E-state index in [0.29, 0.717) is 80.8 Å². The van der Waals surface area contributed by atoms with Crippen molar-refractivity contribution >= 4 is 40.9 Å². The molecule has 1 saturated heterocycles. The standard InChI is InChI=1S/C34H41N7O5S/c1-2-25-31(44)39-27(20-22-8-4-3-5-9-22)33-40-28(21-47-33)30(43)36-15-7-6-10-26(32(45)37-25)38-29(42)23-13-18-41(19-14-23)34(46)24-11-16-35-17-12-24/h3-5,8-9,11-12,16-17,21,23,25-27H,2,6-7,10,13-15,18-20H2,1H3,(H,36,43)(H,37,45)(H,38,42)(H,39,44)/t25-,26+,27+/m1/s1. The highest BCUT2D eigenvalue weighted by Crippen LogP contribution is 2.24. The predicted molar refractivity (Wildman–Crippen MR) is 176 cm³/mol. The number of fused-ring (bicyclic) bond motifs is 2. The van der Waals surface area contributed by atoms with Crippen molar-refractivity contribution in [1.82, 2.24) is 36.1 Å². The predicted octanol–water partition coefficient (Wildman–Crippen LogP) is 2.78. The summed E-state index contributed by atoms with van der Waals surface area (Å²) in [6.07, 6.45) is 6.38. The molecule has 13 heteroatoms. The highest BCUT2D eigenvalue weighted by molar-refractivity contribution is 7.09. The third-order valence-electron chi connectivity index (χ3n) is 8.61. The van der Waals surface area contributed by atoms with Gasteiger partial charge in [-0.05, 0) is 62.6 Å². The van der Waals surface area contributed by atoms with Crippen molar-refractivity contribution in [3.05, 3.63) is 82.1 Å². The zero-order valence-corrected chi connectivity index (χ0v) is 27.3. The van der Waals surface area contributed by atoms with Crippen molar-refractivity contribution in [2.45, 2.75) is 70.0 Å². The van der Waals surface area contributed by atoms with E-state index < -0.39 is 24.0 Å². The average molecular weight is 660 g/mol. The number of hydrogen-bond donors (Lipinski definition) is 4. The number of pyridine rings is 1. The van der Waals surface area contributed by atoms with Crippen molar-refractivity contribution in [3.63, 3.8) is 0 Å². The summed E-state index contributed by atoms with van der Waals surface area (Å²) in [6, 6.07) is 10.8. The van der Waals surface area contributed by atoms with Crippen LogP contribution in [0.1, 0.15) is 82.9 Å². The van der Waals surface area contributed by atoms with Crippen LogP contribution >= 0.6 is 11.3 Å². The molecule has 0 spiro atoms. The lowest BCUT2D eigenvalue weighted by atomic mass is 9.94. The molecule has 0 radical (unpaired) electrons. The SMILES string of the molecule is CC[C@H]1NC(=O)[C@@H](NC(=O)C2CCN(C(=O)c3ccncc3)CC2)CCCCNC(=O)c2csc(n2)[C@H](Cc2ccccc2)NC1=O. The lowest BCUT2D eigenvalue weighted by Gasteiger charge is -2.32. The Balaban J connectivity index is 1.26. The number of piperidine rings is 1. The van der Waals surface area contributed by atoms with Crippen LogP contribution in [0, 0.1) is 5.92 Å². The number of benzene rings is 1. The summed E-state index contributed by atoms with van der Waals surface area (Å²) in [6.45, 7) is 3.06. The number of nitrogens with zero attached hydrogens (tertiary/aromatic N) is 3. The van der Waals surface area contributed by atoms with Crippen LogP contribution < -0.4 is 21.3 Å². The Morgan fingerprint density at radius 2 is 1.66 bits per heavy atom. The zero-order valence-electron chi connectivity index (χ0n) is 26.4. The third kappa shape index (κ3) is 9.00. The molecule has 3 atom stereocenters. The number of carbonyl (C=O) groups is 5. The molecule has 1 fully saturated rings. The van der Waals surface area contributed by atoms with Gasteiger partial charge in [0.25, 0.3) is 11.8 Å². The molecule has 2 aliphatic rings. The van der Waals surface area contributed by atoms with Gasteiger partial charge >= 0.3 is 0 Å². The lowest BCUT2D eigenvalue weighted by molar-refractivity contribution is -0.134. The van der Waals surface area contributed by atoms with E-state index in [4.69, 9.17) is 0 Å². The number of aromatic nitrogens is 2. The molecule has 2 aliphatic heterocycles. The molecule has 248 valence electrons. The van der Waals surface area contributed by atoms with Crippen LogP contribution in [0.15, 0.2) is 60.2 Å². The molecular weight excluding hydrogens is 618 g/mol. The van der Waals surface area contributed by atoms with Crippen LogP contribution in [0.2, 0.25) is 0 Å². The van der Waals surface area contributed by atoms with Gasteiger partial charge in [0.15, 0.2) is 0 Å². The Morgan fingerprint density at radius 1 is 0.936 bits per heavy atom. The molecule has 3 aromatic rings. The van der Waals surface area contributed by atoms with Gasteiger partial charge in [-0.2, -0.15) is 0 Å².